The van der Waals surface area contributed by atoms with Crippen molar-refractivity contribution in [3.8, 4) is 0 Å². The van der Waals surface area contributed by atoms with Crippen LogP contribution in [0, 0.1) is 31.1 Å². The zero-order valence-corrected chi connectivity index (χ0v) is 14.2. The maximum absolute atomic E-state index is 13.1. The Morgan fingerprint density at radius 1 is 1.18 bits per heavy atom. The quantitative estimate of drug-likeness (QED) is 0.778. The Morgan fingerprint density at radius 3 is 2.45 bits per heavy atom. The summed E-state index contributed by atoms with van der Waals surface area (Å²) in [6.45, 7) is 4.14. The molecule has 0 aromatic heterocycles. The second-order valence-electron chi connectivity index (χ2n) is 8.16. The number of alkyl halides is 1. The SMILES string of the molecule is Cc1ccc(NC(=O)C23C[C@@H]4C[C@@H](CC(Cl)(C4)C2)C3)c(C)c1. The van der Waals surface area contributed by atoms with Gasteiger partial charge in [-0.2, -0.15) is 0 Å². The Balaban J connectivity index is 1.60. The molecule has 1 N–H and O–H groups in total. The molecule has 1 aromatic carbocycles. The minimum Gasteiger partial charge on any atom is -0.325 e. The van der Waals surface area contributed by atoms with Crippen molar-refractivity contribution >= 4 is 23.2 Å². The molecule has 22 heavy (non-hydrogen) atoms. The Morgan fingerprint density at radius 2 is 1.86 bits per heavy atom. The van der Waals surface area contributed by atoms with Crippen LogP contribution in [0.3, 0.4) is 0 Å². The maximum Gasteiger partial charge on any atom is 0.230 e. The molecule has 2 nitrogen and oxygen atoms in total. The van der Waals surface area contributed by atoms with Crippen molar-refractivity contribution in [3.63, 3.8) is 0 Å². The van der Waals surface area contributed by atoms with Gasteiger partial charge in [-0.25, -0.2) is 0 Å². The molecule has 1 aromatic rings. The predicted octanol–water partition coefficient (Wildman–Crippen LogP) is 4.82. The Labute approximate surface area is 137 Å². The van der Waals surface area contributed by atoms with Crippen LogP contribution >= 0.6 is 11.6 Å². The van der Waals surface area contributed by atoms with Crippen molar-refractivity contribution in [1.82, 2.24) is 0 Å². The van der Waals surface area contributed by atoms with Crippen molar-refractivity contribution in [2.24, 2.45) is 17.3 Å². The number of benzene rings is 1. The summed E-state index contributed by atoms with van der Waals surface area (Å²) in [5, 5.41) is 3.21. The molecule has 5 rings (SSSR count). The standard InChI is InChI=1S/C19H24ClNO/c1-12-3-4-16(13(2)5-12)21-17(22)18-7-14-6-15(8-18)10-19(20,9-14)11-18/h3-5,14-15H,6-11H2,1-2H3,(H,21,22)/t14-,15+,18?,19?. The number of halogens is 1. The first-order valence-electron chi connectivity index (χ1n) is 8.45. The zero-order valence-electron chi connectivity index (χ0n) is 13.4. The van der Waals surface area contributed by atoms with Gasteiger partial charge >= 0.3 is 0 Å². The highest BCUT2D eigenvalue weighted by Gasteiger charge is 2.60. The van der Waals surface area contributed by atoms with Gasteiger partial charge in [-0.3, -0.25) is 4.79 Å². The van der Waals surface area contributed by atoms with Gasteiger partial charge in [0.2, 0.25) is 5.91 Å². The molecular formula is C19H24ClNO. The Bertz CT molecular complexity index is 624. The molecule has 4 aliphatic rings. The van der Waals surface area contributed by atoms with Gasteiger partial charge in [0.15, 0.2) is 0 Å². The number of rotatable bonds is 2. The molecule has 0 radical (unpaired) electrons. The lowest BCUT2D eigenvalue weighted by Gasteiger charge is -2.59. The summed E-state index contributed by atoms with van der Waals surface area (Å²) in [5.74, 6) is 1.52. The van der Waals surface area contributed by atoms with Crippen LogP contribution in [0.15, 0.2) is 18.2 Å². The summed E-state index contributed by atoms with van der Waals surface area (Å²) >= 11 is 6.84. The fourth-order valence-electron chi connectivity index (χ4n) is 5.63. The van der Waals surface area contributed by atoms with Crippen LogP contribution in [-0.2, 0) is 4.79 Å². The fourth-order valence-corrected chi connectivity index (χ4v) is 6.32. The highest BCUT2D eigenvalue weighted by molar-refractivity contribution is 6.24. The molecule has 3 heteroatoms. The van der Waals surface area contributed by atoms with Crippen LogP contribution in [0.2, 0.25) is 0 Å². The zero-order chi connectivity index (χ0) is 15.5. The van der Waals surface area contributed by atoms with Crippen molar-refractivity contribution in [3.05, 3.63) is 29.3 Å². The number of hydrogen-bond donors (Lipinski definition) is 1. The number of aryl methyl sites for hydroxylation is 2. The third kappa shape index (κ3) is 2.27. The first kappa shape index (κ1) is 14.6. The normalized spacial score (nSPS) is 39.0. The number of carbonyl (C=O) groups excluding carboxylic acids is 1. The fraction of sp³-hybridized carbons (Fsp3) is 0.632. The van der Waals surface area contributed by atoms with E-state index < -0.39 is 0 Å². The van der Waals surface area contributed by atoms with E-state index in [-0.39, 0.29) is 16.2 Å². The predicted molar refractivity (Wildman–Crippen MR) is 90.2 cm³/mol. The van der Waals surface area contributed by atoms with E-state index in [1.807, 2.05) is 6.07 Å². The van der Waals surface area contributed by atoms with Gasteiger partial charge in [0.25, 0.3) is 0 Å². The maximum atomic E-state index is 13.1. The van der Waals surface area contributed by atoms with Crippen LogP contribution in [0.4, 0.5) is 5.69 Å². The summed E-state index contributed by atoms with van der Waals surface area (Å²) in [5.41, 5.74) is 3.10. The van der Waals surface area contributed by atoms with Crippen LogP contribution < -0.4 is 5.32 Å². The first-order valence-corrected chi connectivity index (χ1v) is 8.83. The molecule has 2 unspecified atom stereocenters. The number of nitrogens with one attached hydrogen (secondary N) is 1. The van der Waals surface area contributed by atoms with Gasteiger partial charge in [-0.1, -0.05) is 17.7 Å². The van der Waals surface area contributed by atoms with E-state index in [4.69, 9.17) is 11.6 Å². The molecule has 0 spiro atoms. The minimum atomic E-state index is -0.219. The Hall–Kier alpha value is -1.02. The molecule has 118 valence electrons. The van der Waals surface area contributed by atoms with Gasteiger partial charge in [0.1, 0.15) is 0 Å². The summed E-state index contributed by atoms with van der Waals surface area (Å²) < 4.78 is 0. The van der Waals surface area contributed by atoms with Gasteiger partial charge in [-0.15, -0.1) is 11.6 Å². The van der Waals surface area contributed by atoms with Crippen LogP contribution in [-0.4, -0.2) is 10.8 Å². The Kier molecular flexibility index (Phi) is 3.14. The summed E-state index contributed by atoms with van der Waals surface area (Å²) in [4.78, 5) is 13.0. The largest absolute Gasteiger partial charge is 0.325 e. The van der Waals surface area contributed by atoms with Crippen molar-refractivity contribution in [2.75, 3.05) is 5.32 Å². The number of hydrogen-bond acceptors (Lipinski definition) is 1. The van der Waals surface area contributed by atoms with E-state index >= 15 is 0 Å². The van der Waals surface area contributed by atoms with Crippen LogP contribution in [0.25, 0.3) is 0 Å². The number of carbonyl (C=O) groups is 1. The minimum absolute atomic E-state index is 0.107. The lowest BCUT2D eigenvalue weighted by molar-refractivity contribution is -0.138. The monoisotopic (exact) mass is 317 g/mol. The van der Waals surface area contributed by atoms with Crippen molar-refractivity contribution in [1.29, 1.82) is 0 Å². The van der Waals surface area contributed by atoms with Crippen molar-refractivity contribution < 1.29 is 4.79 Å². The molecule has 4 fully saturated rings. The molecule has 4 saturated carbocycles. The topological polar surface area (TPSA) is 29.1 Å². The van der Waals surface area contributed by atoms with E-state index in [1.54, 1.807) is 0 Å². The highest BCUT2D eigenvalue weighted by Crippen LogP contribution is 2.64. The molecule has 0 heterocycles. The average Bonchev–Trinajstić information content (AvgIpc) is 2.39. The van der Waals surface area contributed by atoms with E-state index in [0.717, 1.165) is 43.4 Å². The molecular weight excluding hydrogens is 294 g/mol. The van der Waals surface area contributed by atoms with Gasteiger partial charge in [-0.05, 0) is 75.8 Å². The molecule has 1 amide bonds. The average molecular weight is 318 g/mol. The second-order valence-corrected chi connectivity index (χ2v) is 8.97. The molecule has 4 aliphatic carbocycles. The highest BCUT2D eigenvalue weighted by atomic mass is 35.5. The molecule has 0 saturated heterocycles. The van der Waals surface area contributed by atoms with Crippen LogP contribution in [0.5, 0.6) is 0 Å². The molecule has 4 bridgehead atoms. The lowest BCUT2D eigenvalue weighted by Crippen LogP contribution is -2.57. The first-order chi connectivity index (χ1) is 10.4. The third-order valence-corrected chi connectivity index (χ3v) is 6.54. The molecule has 4 atom stereocenters. The van der Waals surface area contributed by atoms with E-state index in [0.29, 0.717) is 11.8 Å². The summed E-state index contributed by atoms with van der Waals surface area (Å²) in [6, 6.07) is 6.21. The van der Waals surface area contributed by atoms with E-state index in [2.05, 4.69) is 31.3 Å². The summed E-state index contributed by atoms with van der Waals surface area (Å²) in [7, 11) is 0. The van der Waals surface area contributed by atoms with Crippen LogP contribution in [0.1, 0.15) is 49.7 Å². The van der Waals surface area contributed by atoms with Gasteiger partial charge < -0.3 is 5.32 Å². The van der Waals surface area contributed by atoms with Gasteiger partial charge in [0, 0.05) is 10.6 Å². The third-order valence-electron chi connectivity index (χ3n) is 6.10. The van der Waals surface area contributed by atoms with Crippen molar-refractivity contribution in [2.45, 2.75) is 57.2 Å². The lowest BCUT2D eigenvalue weighted by atomic mass is 9.49. The molecule has 0 aliphatic heterocycles. The van der Waals surface area contributed by atoms with E-state index in [1.165, 1.54) is 12.0 Å². The number of amides is 1. The van der Waals surface area contributed by atoms with Gasteiger partial charge in [0.05, 0.1) is 5.41 Å². The van der Waals surface area contributed by atoms with E-state index in [9.17, 15) is 4.79 Å². The smallest absolute Gasteiger partial charge is 0.230 e. The summed E-state index contributed by atoms with van der Waals surface area (Å²) in [6.07, 6.45) is 6.45. The number of anilines is 1. The second kappa shape index (κ2) is 4.74.